The van der Waals surface area contributed by atoms with Gasteiger partial charge in [-0.1, -0.05) is 30.3 Å². The molecule has 1 aromatic heterocycles. The third-order valence-corrected chi connectivity index (χ3v) is 4.67. The summed E-state index contributed by atoms with van der Waals surface area (Å²) in [5, 5.41) is 2.43. The number of rotatable bonds is 6. The van der Waals surface area contributed by atoms with Gasteiger partial charge < -0.3 is 9.47 Å². The average Bonchev–Trinajstić information content (AvgIpc) is 3.16. The number of benzene rings is 2. The van der Waals surface area contributed by atoms with Crippen LogP contribution in [-0.4, -0.2) is 23.8 Å². The minimum Gasteiger partial charge on any atom is -0.496 e. The second-order valence-corrected chi connectivity index (χ2v) is 6.42. The number of ketones is 1. The van der Waals surface area contributed by atoms with Crippen LogP contribution < -0.4 is 4.74 Å². The van der Waals surface area contributed by atoms with E-state index in [0.717, 1.165) is 10.6 Å². The summed E-state index contributed by atoms with van der Waals surface area (Å²) in [6, 6.07) is 14.7. The zero-order chi connectivity index (χ0) is 18.5. The molecule has 0 aliphatic rings. The van der Waals surface area contributed by atoms with Gasteiger partial charge in [0.25, 0.3) is 0 Å². The van der Waals surface area contributed by atoms with E-state index in [4.69, 9.17) is 9.47 Å². The number of ether oxygens (including phenoxy) is 2. The van der Waals surface area contributed by atoms with Gasteiger partial charge in [-0.25, -0.2) is 9.78 Å². The molecule has 0 N–H and O–H groups in total. The third-order valence-electron chi connectivity index (χ3n) is 3.78. The standard InChI is InChI=1S/C20H17NO4S/c1-13(22)15-8-9-18(24-2)16(10-15)11-25-20(23)17-12-26-19(21-17)14-6-4-3-5-7-14/h3-10,12H,11H2,1-2H3. The number of aromatic nitrogens is 1. The zero-order valence-electron chi connectivity index (χ0n) is 14.4. The maximum absolute atomic E-state index is 12.3. The molecule has 3 aromatic rings. The summed E-state index contributed by atoms with van der Waals surface area (Å²) in [4.78, 5) is 28.2. The number of nitrogens with zero attached hydrogens (tertiary/aromatic N) is 1. The van der Waals surface area contributed by atoms with Crippen molar-refractivity contribution in [1.29, 1.82) is 0 Å². The van der Waals surface area contributed by atoms with Crippen LogP contribution in [0.4, 0.5) is 0 Å². The molecule has 26 heavy (non-hydrogen) atoms. The predicted molar refractivity (Wildman–Crippen MR) is 99.7 cm³/mol. The van der Waals surface area contributed by atoms with Crippen molar-refractivity contribution in [3.05, 3.63) is 70.7 Å². The Morgan fingerprint density at radius 3 is 2.58 bits per heavy atom. The van der Waals surface area contributed by atoms with E-state index in [1.165, 1.54) is 25.4 Å². The molecule has 0 atom stereocenters. The van der Waals surface area contributed by atoms with Crippen molar-refractivity contribution in [1.82, 2.24) is 4.98 Å². The molecular formula is C20H17NO4S. The Bertz CT molecular complexity index is 934. The van der Waals surface area contributed by atoms with Gasteiger partial charge in [-0.05, 0) is 25.1 Å². The van der Waals surface area contributed by atoms with Crippen LogP contribution in [0.3, 0.4) is 0 Å². The van der Waals surface area contributed by atoms with E-state index in [1.807, 2.05) is 30.3 Å². The van der Waals surface area contributed by atoms with Crippen molar-refractivity contribution >= 4 is 23.1 Å². The molecule has 1 heterocycles. The SMILES string of the molecule is COc1ccc(C(C)=O)cc1COC(=O)c1csc(-c2ccccc2)n1. The van der Waals surface area contributed by atoms with Crippen LogP contribution >= 0.6 is 11.3 Å². The molecule has 0 bridgehead atoms. The molecule has 0 fully saturated rings. The first-order valence-corrected chi connectivity index (χ1v) is 8.82. The third kappa shape index (κ3) is 3.97. The Hall–Kier alpha value is -2.99. The van der Waals surface area contributed by atoms with Crippen molar-refractivity contribution < 1.29 is 19.1 Å². The minimum atomic E-state index is -0.515. The molecule has 6 heteroatoms. The summed E-state index contributed by atoms with van der Waals surface area (Å²) in [6.07, 6.45) is 0. The first-order chi connectivity index (χ1) is 12.6. The van der Waals surface area contributed by atoms with Gasteiger partial charge in [0.05, 0.1) is 7.11 Å². The Balaban J connectivity index is 1.72. The molecule has 0 unspecified atom stereocenters. The highest BCUT2D eigenvalue weighted by molar-refractivity contribution is 7.13. The summed E-state index contributed by atoms with van der Waals surface area (Å²) in [7, 11) is 1.53. The Kier molecular flexibility index (Phi) is 5.43. The second kappa shape index (κ2) is 7.93. The maximum atomic E-state index is 12.3. The lowest BCUT2D eigenvalue weighted by molar-refractivity contribution is 0.0464. The van der Waals surface area contributed by atoms with E-state index >= 15 is 0 Å². The first-order valence-electron chi connectivity index (χ1n) is 7.94. The number of esters is 1. The van der Waals surface area contributed by atoms with Crippen molar-refractivity contribution in [2.45, 2.75) is 13.5 Å². The molecule has 132 valence electrons. The van der Waals surface area contributed by atoms with E-state index in [1.54, 1.807) is 23.6 Å². The summed E-state index contributed by atoms with van der Waals surface area (Å²) < 4.78 is 10.6. The predicted octanol–water partition coefficient (Wildman–Crippen LogP) is 4.38. The lowest BCUT2D eigenvalue weighted by Gasteiger charge is -2.10. The van der Waals surface area contributed by atoms with Crippen LogP contribution in [-0.2, 0) is 11.3 Å². The van der Waals surface area contributed by atoms with Gasteiger partial charge in [0.1, 0.15) is 17.4 Å². The fourth-order valence-electron chi connectivity index (χ4n) is 2.41. The number of methoxy groups -OCH3 is 1. The van der Waals surface area contributed by atoms with Gasteiger partial charge in [0.15, 0.2) is 11.5 Å². The number of carbonyl (C=O) groups is 2. The fourth-order valence-corrected chi connectivity index (χ4v) is 3.20. The number of hydrogen-bond acceptors (Lipinski definition) is 6. The van der Waals surface area contributed by atoms with Crippen LogP contribution in [0.2, 0.25) is 0 Å². The molecule has 0 saturated heterocycles. The van der Waals surface area contributed by atoms with Crippen LogP contribution in [0.5, 0.6) is 5.75 Å². The highest BCUT2D eigenvalue weighted by Gasteiger charge is 2.15. The highest BCUT2D eigenvalue weighted by Crippen LogP contribution is 2.25. The number of hydrogen-bond donors (Lipinski definition) is 0. The molecular weight excluding hydrogens is 350 g/mol. The van der Waals surface area contributed by atoms with E-state index in [0.29, 0.717) is 16.9 Å². The van der Waals surface area contributed by atoms with Crippen LogP contribution in [0.1, 0.15) is 33.3 Å². The minimum absolute atomic E-state index is 0.00131. The normalized spacial score (nSPS) is 10.4. The molecule has 0 spiro atoms. The maximum Gasteiger partial charge on any atom is 0.358 e. The molecule has 0 amide bonds. The lowest BCUT2D eigenvalue weighted by Crippen LogP contribution is -2.07. The van der Waals surface area contributed by atoms with Gasteiger partial charge >= 0.3 is 5.97 Å². The average molecular weight is 367 g/mol. The molecule has 0 radical (unpaired) electrons. The lowest BCUT2D eigenvalue weighted by atomic mass is 10.1. The highest BCUT2D eigenvalue weighted by atomic mass is 32.1. The van der Waals surface area contributed by atoms with Crippen molar-refractivity contribution in [2.24, 2.45) is 0 Å². The van der Waals surface area contributed by atoms with E-state index in [2.05, 4.69) is 4.98 Å². The van der Waals surface area contributed by atoms with Crippen LogP contribution in [0, 0.1) is 0 Å². The summed E-state index contributed by atoms with van der Waals surface area (Å²) in [5.74, 6) is -0.0167. The van der Waals surface area contributed by atoms with E-state index in [-0.39, 0.29) is 18.1 Å². The molecule has 0 aliphatic carbocycles. The molecule has 2 aromatic carbocycles. The van der Waals surface area contributed by atoms with Gasteiger partial charge in [-0.15, -0.1) is 11.3 Å². The summed E-state index contributed by atoms with van der Waals surface area (Å²) >= 11 is 1.39. The number of thiazole rings is 1. The largest absolute Gasteiger partial charge is 0.496 e. The Morgan fingerprint density at radius 2 is 1.88 bits per heavy atom. The fraction of sp³-hybridized carbons (Fsp3) is 0.150. The Morgan fingerprint density at radius 1 is 1.12 bits per heavy atom. The topological polar surface area (TPSA) is 65.5 Å². The molecule has 0 saturated carbocycles. The quantitative estimate of drug-likeness (QED) is 0.478. The zero-order valence-corrected chi connectivity index (χ0v) is 15.2. The van der Waals surface area contributed by atoms with Crippen molar-refractivity contribution in [2.75, 3.05) is 7.11 Å². The van der Waals surface area contributed by atoms with Gasteiger partial charge in [0, 0.05) is 22.1 Å². The number of Topliss-reactive ketones (excluding diaryl/α,β-unsaturated/α-hetero) is 1. The molecule has 3 rings (SSSR count). The summed E-state index contributed by atoms with van der Waals surface area (Å²) in [5.41, 5.74) is 2.38. The van der Waals surface area contributed by atoms with Gasteiger partial charge in [-0.2, -0.15) is 0 Å². The van der Waals surface area contributed by atoms with Crippen molar-refractivity contribution in [3.63, 3.8) is 0 Å². The first kappa shape index (κ1) is 17.8. The van der Waals surface area contributed by atoms with Gasteiger partial charge in [-0.3, -0.25) is 4.79 Å². The van der Waals surface area contributed by atoms with Crippen molar-refractivity contribution in [3.8, 4) is 16.3 Å². The van der Waals surface area contributed by atoms with Gasteiger partial charge in [0.2, 0.25) is 0 Å². The van der Waals surface area contributed by atoms with E-state index in [9.17, 15) is 9.59 Å². The molecule has 5 nitrogen and oxygen atoms in total. The summed E-state index contributed by atoms with van der Waals surface area (Å²) in [6.45, 7) is 1.49. The second-order valence-electron chi connectivity index (χ2n) is 5.56. The Labute approximate surface area is 155 Å². The number of carbonyl (C=O) groups excluding carboxylic acids is 2. The monoisotopic (exact) mass is 367 g/mol. The molecule has 0 aliphatic heterocycles. The smallest absolute Gasteiger partial charge is 0.358 e. The van der Waals surface area contributed by atoms with Crippen LogP contribution in [0.15, 0.2) is 53.9 Å². The van der Waals surface area contributed by atoms with Crippen LogP contribution in [0.25, 0.3) is 10.6 Å². The van der Waals surface area contributed by atoms with E-state index < -0.39 is 5.97 Å².